The minimum absolute atomic E-state index is 0.172. The summed E-state index contributed by atoms with van der Waals surface area (Å²) in [6.45, 7) is 8.28. The Hall–Kier alpha value is -2.66. The molecule has 0 aliphatic carbocycles. The smallest absolute Gasteiger partial charge is 0.330 e. The molecule has 0 aliphatic heterocycles. The van der Waals surface area contributed by atoms with Crippen molar-refractivity contribution in [3.05, 3.63) is 24.8 Å². The lowest BCUT2D eigenvalue weighted by Gasteiger charge is -2.29. The second-order valence-electron chi connectivity index (χ2n) is 5.82. The van der Waals surface area contributed by atoms with Gasteiger partial charge in [0.05, 0.1) is 12.6 Å². The van der Waals surface area contributed by atoms with Gasteiger partial charge >= 0.3 is 5.97 Å². The highest BCUT2D eigenvalue weighted by Gasteiger charge is 2.40. The van der Waals surface area contributed by atoms with Crippen molar-refractivity contribution in [3.63, 3.8) is 0 Å². The van der Waals surface area contributed by atoms with Gasteiger partial charge in [-0.2, -0.15) is 4.99 Å². The first kappa shape index (κ1) is 23.3. The second kappa shape index (κ2) is 12.7. The molecular weight excluding hydrogens is 340 g/mol. The van der Waals surface area contributed by atoms with Crippen LogP contribution in [0.15, 0.2) is 34.8 Å². The summed E-state index contributed by atoms with van der Waals surface area (Å²) in [6, 6.07) is 0. The van der Waals surface area contributed by atoms with Gasteiger partial charge in [0.2, 0.25) is 12.2 Å². The van der Waals surface area contributed by atoms with Crippen LogP contribution >= 0.6 is 0 Å². The molecule has 26 heavy (non-hydrogen) atoms. The van der Waals surface area contributed by atoms with E-state index in [2.05, 4.69) is 23.1 Å². The number of nitrogens with zero attached hydrogens (tertiary/aromatic N) is 2. The molecule has 8 heteroatoms. The van der Waals surface area contributed by atoms with Crippen LogP contribution in [0.2, 0.25) is 0 Å². The van der Waals surface area contributed by atoms with Crippen LogP contribution < -0.4 is 0 Å². The number of esters is 1. The minimum atomic E-state index is -1.53. The van der Waals surface area contributed by atoms with E-state index in [-0.39, 0.29) is 25.0 Å². The zero-order chi connectivity index (χ0) is 20.0. The van der Waals surface area contributed by atoms with Crippen LogP contribution in [0.3, 0.4) is 0 Å². The molecule has 0 aromatic heterocycles. The van der Waals surface area contributed by atoms with Gasteiger partial charge in [-0.1, -0.05) is 26.0 Å². The van der Waals surface area contributed by atoms with Crippen LogP contribution in [0, 0.1) is 0 Å². The van der Waals surface area contributed by atoms with Crippen molar-refractivity contribution >= 4 is 23.9 Å². The number of isocyanates is 2. The van der Waals surface area contributed by atoms with E-state index in [1.54, 1.807) is 0 Å². The highest BCUT2D eigenvalue weighted by atomic mass is 16.5. The number of hydrogen-bond donors (Lipinski definition) is 1. The zero-order valence-electron chi connectivity index (χ0n) is 14.9. The first-order chi connectivity index (χ1) is 12.3. The van der Waals surface area contributed by atoms with E-state index < -0.39 is 23.4 Å². The maximum absolute atomic E-state index is 12.6. The third-order valence-electron chi connectivity index (χ3n) is 3.65. The third kappa shape index (κ3) is 8.44. The lowest BCUT2D eigenvalue weighted by Crippen LogP contribution is -2.42. The molecule has 0 fully saturated rings. The summed E-state index contributed by atoms with van der Waals surface area (Å²) in [5, 5.41) is 10.1. The Labute approximate surface area is 152 Å². The summed E-state index contributed by atoms with van der Waals surface area (Å²) >= 11 is 0. The number of unbranched alkanes of at least 4 members (excludes halogenated alkanes) is 2. The SMILES string of the molecule is C=CC(=O)OCC(O)CC(CCCCCN=C=O)(N=C=O)C(=O)C(=C)C. The number of Topliss-reactive ketones (excluding diaryl/α,β-unsaturated/α-hetero) is 1. The second-order valence-corrected chi connectivity index (χ2v) is 5.82. The Bertz CT molecular complexity index is 617. The average Bonchev–Trinajstić information content (AvgIpc) is 2.61. The predicted molar refractivity (Wildman–Crippen MR) is 93.9 cm³/mol. The molecule has 0 saturated heterocycles. The summed E-state index contributed by atoms with van der Waals surface area (Å²) in [4.78, 5) is 51.7. The van der Waals surface area contributed by atoms with Crippen molar-refractivity contribution in [2.45, 2.75) is 50.7 Å². The summed E-state index contributed by atoms with van der Waals surface area (Å²) in [6.07, 6.45) is 4.27. The predicted octanol–water partition coefficient (Wildman–Crippen LogP) is 1.58. The number of aliphatic hydroxyl groups is 1. The topological polar surface area (TPSA) is 122 Å². The highest BCUT2D eigenvalue weighted by Crippen LogP contribution is 2.29. The van der Waals surface area contributed by atoms with E-state index in [1.807, 2.05) is 0 Å². The summed E-state index contributed by atoms with van der Waals surface area (Å²) < 4.78 is 4.76. The van der Waals surface area contributed by atoms with Gasteiger partial charge in [-0.25, -0.2) is 19.4 Å². The molecular formula is C18H24N2O6. The fourth-order valence-electron chi connectivity index (χ4n) is 2.46. The van der Waals surface area contributed by atoms with Gasteiger partial charge in [-0.15, -0.1) is 0 Å². The van der Waals surface area contributed by atoms with Gasteiger partial charge in [-0.05, 0) is 25.3 Å². The largest absolute Gasteiger partial charge is 0.460 e. The van der Waals surface area contributed by atoms with E-state index in [1.165, 1.54) is 19.1 Å². The molecule has 142 valence electrons. The summed E-state index contributed by atoms with van der Waals surface area (Å²) in [7, 11) is 0. The molecule has 0 aromatic rings. The average molecular weight is 364 g/mol. The Balaban J connectivity index is 5.16. The molecule has 0 spiro atoms. The van der Waals surface area contributed by atoms with Crippen molar-refractivity contribution < 1.29 is 29.0 Å². The molecule has 0 aromatic carbocycles. The van der Waals surface area contributed by atoms with E-state index in [4.69, 9.17) is 4.74 Å². The van der Waals surface area contributed by atoms with Crippen LogP contribution in [-0.2, 0) is 23.9 Å². The van der Waals surface area contributed by atoms with Crippen molar-refractivity contribution in [3.8, 4) is 0 Å². The number of ether oxygens (including phenoxy) is 1. The van der Waals surface area contributed by atoms with E-state index in [9.17, 15) is 24.3 Å². The van der Waals surface area contributed by atoms with E-state index in [0.717, 1.165) is 6.08 Å². The Morgan fingerprint density at radius 1 is 1.27 bits per heavy atom. The molecule has 0 aliphatic rings. The van der Waals surface area contributed by atoms with Gasteiger partial charge < -0.3 is 9.84 Å². The molecule has 2 atom stereocenters. The van der Waals surface area contributed by atoms with Gasteiger partial charge in [0, 0.05) is 12.5 Å². The molecule has 0 heterocycles. The Morgan fingerprint density at radius 3 is 2.50 bits per heavy atom. The van der Waals surface area contributed by atoms with Crippen LogP contribution in [0.25, 0.3) is 0 Å². The molecule has 0 radical (unpaired) electrons. The molecule has 1 N–H and O–H groups in total. The summed E-state index contributed by atoms with van der Waals surface area (Å²) in [5.74, 6) is -1.20. The first-order valence-corrected chi connectivity index (χ1v) is 8.13. The van der Waals surface area contributed by atoms with Gasteiger partial charge in [0.1, 0.15) is 12.1 Å². The van der Waals surface area contributed by atoms with Crippen molar-refractivity contribution in [1.82, 2.24) is 0 Å². The number of aliphatic imine (C=N–C) groups is 2. The molecule has 0 rings (SSSR count). The van der Waals surface area contributed by atoms with Gasteiger partial charge in [0.25, 0.3) is 0 Å². The number of hydrogen-bond acceptors (Lipinski definition) is 8. The number of ketones is 1. The van der Waals surface area contributed by atoms with E-state index in [0.29, 0.717) is 25.8 Å². The van der Waals surface area contributed by atoms with Crippen molar-refractivity contribution in [2.75, 3.05) is 13.2 Å². The zero-order valence-corrected chi connectivity index (χ0v) is 14.9. The number of aliphatic hydroxyl groups excluding tert-OH is 1. The van der Waals surface area contributed by atoms with Crippen LogP contribution in [0.4, 0.5) is 0 Å². The van der Waals surface area contributed by atoms with Gasteiger partial charge in [-0.3, -0.25) is 4.79 Å². The number of carbonyl (C=O) groups excluding carboxylic acids is 4. The normalized spacial score (nSPS) is 13.3. The monoisotopic (exact) mass is 364 g/mol. The maximum Gasteiger partial charge on any atom is 0.330 e. The Kier molecular flexibility index (Phi) is 11.4. The maximum atomic E-state index is 12.6. The van der Waals surface area contributed by atoms with Crippen molar-refractivity contribution in [2.24, 2.45) is 9.98 Å². The van der Waals surface area contributed by atoms with Crippen LogP contribution in [0.5, 0.6) is 0 Å². The number of carbonyl (C=O) groups is 2. The van der Waals surface area contributed by atoms with Gasteiger partial charge in [0.15, 0.2) is 5.78 Å². The molecule has 2 unspecified atom stereocenters. The molecule has 0 saturated carbocycles. The van der Waals surface area contributed by atoms with Crippen molar-refractivity contribution in [1.29, 1.82) is 0 Å². The van der Waals surface area contributed by atoms with Crippen LogP contribution in [-0.4, -0.2) is 53.8 Å². The molecule has 0 amide bonds. The fraction of sp³-hybridized carbons (Fsp3) is 0.556. The third-order valence-corrected chi connectivity index (χ3v) is 3.65. The first-order valence-electron chi connectivity index (χ1n) is 8.13. The fourth-order valence-corrected chi connectivity index (χ4v) is 2.46. The lowest BCUT2D eigenvalue weighted by atomic mass is 9.81. The minimum Gasteiger partial charge on any atom is -0.460 e. The lowest BCUT2D eigenvalue weighted by molar-refractivity contribution is -0.141. The van der Waals surface area contributed by atoms with E-state index >= 15 is 0 Å². The molecule has 0 bridgehead atoms. The summed E-state index contributed by atoms with van der Waals surface area (Å²) in [5.41, 5.74) is -1.34. The standard InChI is InChI=1S/C18H24N2O6/c1-4-16(24)26-11-15(23)10-18(20-13-22,17(25)14(2)3)8-6-5-7-9-19-12-21/h4,15,23H,1-2,5-11H2,3H3. The quantitative estimate of drug-likeness (QED) is 0.164. The highest BCUT2D eigenvalue weighted by molar-refractivity contribution is 6.02. The molecule has 8 nitrogen and oxygen atoms in total. The Morgan fingerprint density at radius 2 is 1.96 bits per heavy atom. The van der Waals surface area contributed by atoms with Crippen LogP contribution in [0.1, 0.15) is 39.0 Å². The number of rotatable bonds is 14.